The molecular weight excluding hydrogens is 332 g/mol. The summed E-state index contributed by atoms with van der Waals surface area (Å²) in [5.41, 5.74) is 0.887. The van der Waals surface area contributed by atoms with Gasteiger partial charge < -0.3 is 14.1 Å². The molecule has 1 aliphatic rings. The number of ether oxygens (including phenoxy) is 1. The van der Waals surface area contributed by atoms with E-state index in [1.165, 1.54) is 0 Å². The van der Waals surface area contributed by atoms with E-state index in [0.717, 1.165) is 24.8 Å². The van der Waals surface area contributed by atoms with Crippen LogP contribution in [-0.2, 0) is 9.53 Å². The minimum absolute atomic E-state index is 0.108. The first kappa shape index (κ1) is 18.2. The number of oxazole rings is 1. The molecule has 1 amide bonds. The monoisotopic (exact) mass is 356 g/mol. The van der Waals surface area contributed by atoms with Crippen LogP contribution >= 0.6 is 0 Å². The highest BCUT2D eigenvalue weighted by molar-refractivity contribution is 5.91. The molecule has 0 N–H and O–H groups in total. The Labute approximate surface area is 153 Å². The predicted molar refractivity (Wildman–Crippen MR) is 96.6 cm³/mol. The maximum absolute atomic E-state index is 12.5. The van der Waals surface area contributed by atoms with Gasteiger partial charge in [0.2, 0.25) is 5.89 Å². The predicted octanol–water partition coefficient (Wildman–Crippen LogP) is 3.60. The van der Waals surface area contributed by atoms with Gasteiger partial charge >= 0.3 is 5.97 Å². The van der Waals surface area contributed by atoms with E-state index in [1.54, 1.807) is 6.92 Å². The van der Waals surface area contributed by atoms with Crippen molar-refractivity contribution in [1.29, 1.82) is 0 Å². The van der Waals surface area contributed by atoms with Crippen molar-refractivity contribution in [3.63, 3.8) is 0 Å². The number of nitrogens with zero attached hydrogens (tertiary/aromatic N) is 2. The zero-order valence-electron chi connectivity index (χ0n) is 15.4. The van der Waals surface area contributed by atoms with Crippen LogP contribution in [0.3, 0.4) is 0 Å². The minimum Gasteiger partial charge on any atom is -0.451 e. The van der Waals surface area contributed by atoms with E-state index in [-0.39, 0.29) is 30.3 Å². The number of carbonyl (C=O) groups excluding carboxylic acids is 2. The van der Waals surface area contributed by atoms with Gasteiger partial charge in [-0.25, -0.2) is 9.78 Å². The van der Waals surface area contributed by atoms with E-state index in [4.69, 9.17) is 9.15 Å². The van der Waals surface area contributed by atoms with Gasteiger partial charge in [-0.2, -0.15) is 0 Å². The summed E-state index contributed by atoms with van der Waals surface area (Å²) in [5, 5.41) is 0. The van der Waals surface area contributed by atoms with Gasteiger partial charge in [-0.15, -0.1) is 0 Å². The van der Waals surface area contributed by atoms with Crippen LogP contribution in [0.4, 0.5) is 0 Å². The van der Waals surface area contributed by atoms with Crippen molar-refractivity contribution in [2.75, 3.05) is 6.61 Å². The zero-order valence-corrected chi connectivity index (χ0v) is 15.4. The van der Waals surface area contributed by atoms with Crippen LogP contribution in [0, 0.1) is 6.92 Å². The first-order valence-electron chi connectivity index (χ1n) is 8.98. The van der Waals surface area contributed by atoms with Crippen LogP contribution in [0.1, 0.15) is 49.4 Å². The molecule has 0 aliphatic carbocycles. The van der Waals surface area contributed by atoms with E-state index in [1.807, 2.05) is 49.1 Å². The maximum Gasteiger partial charge on any atom is 0.361 e. The smallest absolute Gasteiger partial charge is 0.361 e. The summed E-state index contributed by atoms with van der Waals surface area (Å²) < 4.78 is 10.8. The molecule has 0 unspecified atom stereocenters. The SMILES string of the molecule is Cc1oc(-c2ccccc2)nc1C(=O)OCC(=O)N1[C@@H](C)CCC[C@@H]1C. The van der Waals surface area contributed by atoms with Crippen LogP contribution in [0.5, 0.6) is 0 Å². The fraction of sp³-hybridized carbons (Fsp3) is 0.450. The van der Waals surface area contributed by atoms with Gasteiger partial charge in [0, 0.05) is 17.6 Å². The van der Waals surface area contributed by atoms with Crippen LogP contribution in [-0.4, -0.2) is 40.5 Å². The molecule has 138 valence electrons. The Kier molecular flexibility index (Phi) is 5.40. The highest BCUT2D eigenvalue weighted by Crippen LogP contribution is 2.24. The number of hydrogen-bond donors (Lipinski definition) is 0. The van der Waals surface area contributed by atoms with Gasteiger partial charge in [0.1, 0.15) is 5.76 Å². The number of hydrogen-bond acceptors (Lipinski definition) is 5. The number of amides is 1. The lowest BCUT2D eigenvalue weighted by atomic mass is 9.97. The molecule has 26 heavy (non-hydrogen) atoms. The molecule has 0 spiro atoms. The third kappa shape index (κ3) is 3.79. The van der Waals surface area contributed by atoms with Crippen LogP contribution in [0.2, 0.25) is 0 Å². The van der Waals surface area contributed by atoms with Crippen molar-refractivity contribution in [2.24, 2.45) is 0 Å². The van der Waals surface area contributed by atoms with Gasteiger partial charge in [-0.05, 0) is 52.2 Å². The molecule has 1 saturated heterocycles. The summed E-state index contributed by atoms with van der Waals surface area (Å²) in [7, 11) is 0. The third-order valence-electron chi connectivity index (χ3n) is 4.82. The number of piperidine rings is 1. The third-order valence-corrected chi connectivity index (χ3v) is 4.82. The highest BCUT2D eigenvalue weighted by atomic mass is 16.5. The van der Waals surface area contributed by atoms with Gasteiger partial charge in [0.15, 0.2) is 12.3 Å². The average Bonchev–Trinajstić information content (AvgIpc) is 3.02. The van der Waals surface area contributed by atoms with E-state index < -0.39 is 5.97 Å². The van der Waals surface area contributed by atoms with Gasteiger partial charge in [-0.1, -0.05) is 18.2 Å². The van der Waals surface area contributed by atoms with Crippen molar-refractivity contribution in [1.82, 2.24) is 9.88 Å². The number of likely N-dealkylation sites (tertiary alicyclic amines) is 1. The molecule has 1 aliphatic heterocycles. The molecule has 2 aromatic rings. The number of benzene rings is 1. The second-order valence-corrected chi connectivity index (χ2v) is 6.80. The van der Waals surface area contributed by atoms with Crippen molar-refractivity contribution >= 4 is 11.9 Å². The molecule has 3 rings (SSSR count). The molecule has 0 radical (unpaired) electrons. The summed E-state index contributed by atoms with van der Waals surface area (Å²) in [4.78, 5) is 30.9. The van der Waals surface area contributed by atoms with Crippen molar-refractivity contribution in [3.8, 4) is 11.5 Å². The molecule has 1 fully saturated rings. The van der Waals surface area contributed by atoms with Crippen LogP contribution in [0.15, 0.2) is 34.7 Å². The van der Waals surface area contributed by atoms with Crippen molar-refractivity contribution in [3.05, 3.63) is 41.8 Å². The quantitative estimate of drug-likeness (QED) is 0.783. The van der Waals surface area contributed by atoms with E-state index in [9.17, 15) is 9.59 Å². The topological polar surface area (TPSA) is 72.6 Å². The van der Waals surface area contributed by atoms with Gasteiger partial charge in [-0.3, -0.25) is 4.79 Å². The minimum atomic E-state index is -0.640. The van der Waals surface area contributed by atoms with E-state index in [0.29, 0.717) is 11.7 Å². The first-order valence-corrected chi connectivity index (χ1v) is 8.98. The second kappa shape index (κ2) is 7.72. The Morgan fingerprint density at radius 3 is 2.50 bits per heavy atom. The zero-order chi connectivity index (χ0) is 18.7. The summed E-state index contributed by atoms with van der Waals surface area (Å²) >= 11 is 0. The molecule has 2 heterocycles. The van der Waals surface area contributed by atoms with Crippen molar-refractivity contribution in [2.45, 2.75) is 52.1 Å². The molecule has 0 bridgehead atoms. The number of carbonyl (C=O) groups is 2. The van der Waals surface area contributed by atoms with Gasteiger partial charge in [0.05, 0.1) is 0 Å². The summed E-state index contributed by atoms with van der Waals surface area (Å²) in [6.07, 6.45) is 3.08. The number of esters is 1. The molecule has 1 aromatic carbocycles. The lowest BCUT2D eigenvalue weighted by Gasteiger charge is -2.38. The largest absolute Gasteiger partial charge is 0.451 e. The maximum atomic E-state index is 12.5. The Morgan fingerprint density at radius 1 is 1.19 bits per heavy atom. The van der Waals surface area contributed by atoms with Gasteiger partial charge in [0.25, 0.3) is 5.91 Å². The number of aromatic nitrogens is 1. The highest BCUT2D eigenvalue weighted by Gasteiger charge is 2.30. The Hall–Kier alpha value is -2.63. The van der Waals surface area contributed by atoms with Crippen LogP contribution < -0.4 is 0 Å². The number of rotatable bonds is 4. The molecule has 2 atom stereocenters. The molecule has 1 aromatic heterocycles. The molecular formula is C20H24N2O4. The Balaban J connectivity index is 1.65. The second-order valence-electron chi connectivity index (χ2n) is 6.80. The first-order chi connectivity index (χ1) is 12.5. The van der Waals surface area contributed by atoms with E-state index in [2.05, 4.69) is 4.98 Å². The number of aryl methyl sites for hydroxylation is 1. The fourth-order valence-corrected chi connectivity index (χ4v) is 3.47. The lowest BCUT2D eigenvalue weighted by molar-refractivity contribution is -0.140. The normalized spacial score (nSPS) is 20.0. The summed E-state index contributed by atoms with van der Waals surface area (Å²) in [6.45, 7) is 5.44. The molecule has 6 nitrogen and oxygen atoms in total. The molecule has 0 saturated carbocycles. The Morgan fingerprint density at radius 2 is 1.85 bits per heavy atom. The summed E-state index contributed by atoms with van der Waals surface area (Å²) in [5.74, 6) is -0.0674. The van der Waals surface area contributed by atoms with E-state index >= 15 is 0 Å². The lowest BCUT2D eigenvalue weighted by Crippen LogP contribution is -2.49. The molecule has 6 heteroatoms. The summed E-state index contributed by atoms with van der Waals surface area (Å²) in [6, 6.07) is 9.67. The fourth-order valence-electron chi connectivity index (χ4n) is 3.47. The standard InChI is InChI=1S/C20H24N2O4/c1-13-8-7-9-14(2)22(13)17(23)12-25-20(24)18-15(3)26-19(21-18)16-10-5-4-6-11-16/h4-6,10-11,13-14H,7-9,12H2,1-3H3/t13-,14-/m0/s1. The Bertz CT molecular complexity index is 774. The average molecular weight is 356 g/mol. The van der Waals surface area contributed by atoms with Crippen LogP contribution in [0.25, 0.3) is 11.5 Å². The van der Waals surface area contributed by atoms with Crippen molar-refractivity contribution < 1.29 is 18.7 Å².